The summed E-state index contributed by atoms with van der Waals surface area (Å²) in [5, 5.41) is 10.0. The van der Waals surface area contributed by atoms with Crippen molar-refractivity contribution in [2.45, 2.75) is 89.1 Å². The van der Waals surface area contributed by atoms with Crippen LogP contribution in [0, 0.1) is 0 Å². The monoisotopic (exact) mass is 505 g/mol. The number of halogens is 5. The lowest BCUT2D eigenvalue weighted by molar-refractivity contribution is -0.147. The number of esters is 1. The molecular weight excluding hydrogens is 473 g/mol. The first kappa shape index (κ1) is 28.7. The lowest BCUT2D eigenvalue weighted by atomic mass is 9.99. The van der Waals surface area contributed by atoms with Gasteiger partial charge in [0, 0.05) is 24.9 Å². The molecule has 1 aliphatic rings. The number of amides is 1. The Hall–Kier alpha value is -2.49. The van der Waals surface area contributed by atoms with Crippen molar-refractivity contribution >= 4 is 11.9 Å². The van der Waals surface area contributed by atoms with Crippen molar-refractivity contribution in [2.75, 3.05) is 6.54 Å². The Balaban J connectivity index is 1.89. The normalized spacial score (nSPS) is 18.0. The summed E-state index contributed by atoms with van der Waals surface area (Å²) < 4.78 is 72.9. The molecule has 2 rings (SSSR count). The molecule has 35 heavy (non-hydrogen) atoms. The maximum Gasteiger partial charge on any atom is 0.416 e. The molecule has 0 spiro atoms. The zero-order chi connectivity index (χ0) is 26.2. The number of benzene rings is 1. The van der Waals surface area contributed by atoms with Crippen LogP contribution in [0.5, 0.6) is 0 Å². The minimum absolute atomic E-state index is 0.126. The van der Waals surface area contributed by atoms with E-state index in [0.717, 1.165) is 31.1 Å². The fourth-order valence-corrected chi connectivity index (χ4v) is 3.90. The summed E-state index contributed by atoms with van der Waals surface area (Å²) >= 11 is 0. The second kappa shape index (κ2) is 12.5. The molecule has 196 valence electrons. The van der Waals surface area contributed by atoms with Gasteiger partial charge >= 0.3 is 18.1 Å². The summed E-state index contributed by atoms with van der Waals surface area (Å²) in [6.07, 6.45) is -1.28. The summed E-state index contributed by atoms with van der Waals surface area (Å²) in [4.78, 5) is 25.3. The summed E-state index contributed by atoms with van der Waals surface area (Å²) in [6.45, 7) is 3.97. The highest BCUT2D eigenvalue weighted by atomic mass is 19.4. The summed E-state index contributed by atoms with van der Waals surface area (Å²) in [7, 11) is 0. The molecule has 10 heteroatoms. The van der Waals surface area contributed by atoms with E-state index in [1.165, 1.54) is 6.08 Å². The van der Waals surface area contributed by atoms with Crippen LogP contribution in [0.2, 0.25) is 0 Å². The molecule has 1 fully saturated rings. The molecule has 0 aliphatic carbocycles. The highest BCUT2D eigenvalue weighted by Crippen LogP contribution is 2.37. The molecule has 2 unspecified atom stereocenters. The predicted octanol–water partition coefficient (Wildman–Crippen LogP) is 5.61. The summed E-state index contributed by atoms with van der Waals surface area (Å²) in [5.74, 6) is -4.32. The van der Waals surface area contributed by atoms with Gasteiger partial charge in [-0.05, 0) is 45.2 Å². The average molecular weight is 506 g/mol. The molecule has 1 aromatic rings. The van der Waals surface area contributed by atoms with E-state index in [2.05, 4.69) is 0 Å². The van der Waals surface area contributed by atoms with Crippen molar-refractivity contribution in [3.8, 4) is 0 Å². The van der Waals surface area contributed by atoms with E-state index in [0.29, 0.717) is 44.4 Å². The zero-order valence-electron chi connectivity index (χ0n) is 19.9. The number of likely N-dealkylation sites (tertiary alicyclic amines) is 1. The smallest absolute Gasteiger partial charge is 0.416 e. The number of hydrogen-bond acceptors (Lipinski definition) is 4. The van der Waals surface area contributed by atoms with Gasteiger partial charge in [-0.3, -0.25) is 9.59 Å². The molecule has 1 aromatic carbocycles. The van der Waals surface area contributed by atoms with Gasteiger partial charge in [-0.15, -0.1) is 0 Å². The molecule has 1 heterocycles. The van der Waals surface area contributed by atoms with Crippen LogP contribution in [0.4, 0.5) is 22.0 Å². The number of rotatable bonds is 12. The average Bonchev–Trinajstić information content (AvgIpc) is 3.12. The Bertz CT molecular complexity index is 885. The van der Waals surface area contributed by atoms with Gasteiger partial charge in [-0.2, -0.15) is 22.0 Å². The number of unbranched alkanes of at least 4 members (excludes halogenated alkanes) is 3. The molecule has 0 aromatic heterocycles. The molecule has 1 saturated heterocycles. The number of carbonyl (C=O) groups is 2. The van der Waals surface area contributed by atoms with Crippen molar-refractivity contribution in [3.63, 3.8) is 0 Å². The van der Waals surface area contributed by atoms with E-state index in [1.54, 1.807) is 18.7 Å². The predicted molar refractivity (Wildman–Crippen MR) is 120 cm³/mol. The van der Waals surface area contributed by atoms with Crippen molar-refractivity contribution in [1.82, 2.24) is 4.90 Å². The topological polar surface area (TPSA) is 66.8 Å². The largest absolute Gasteiger partial charge is 0.463 e. The lowest BCUT2D eigenvalue weighted by Gasteiger charge is -2.24. The van der Waals surface area contributed by atoms with Gasteiger partial charge in [-0.25, -0.2) is 0 Å². The van der Waals surface area contributed by atoms with E-state index in [1.807, 2.05) is 0 Å². The fraction of sp³-hybridized carbons (Fsp3) is 0.600. The molecule has 1 aliphatic heterocycles. The quantitative estimate of drug-likeness (QED) is 0.174. The number of aliphatic hydroxyl groups excluding tert-OH is 1. The van der Waals surface area contributed by atoms with Gasteiger partial charge in [0.1, 0.15) is 6.10 Å². The third kappa shape index (κ3) is 8.59. The third-order valence-electron chi connectivity index (χ3n) is 5.73. The number of nitrogens with zero attached hydrogens (tertiary/aromatic N) is 1. The van der Waals surface area contributed by atoms with Crippen molar-refractivity contribution in [2.24, 2.45) is 0 Å². The number of ether oxygens (including phenoxy) is 1. The summed E-state index contributed by atoms with van der Waals surface area (Å²) in [5.41, 5.74) is -2.17. The molecule has 2 atom stereocenters. The van der Waals surface area contributed by atoms with Gasteiger partial charge < -0.3 is 14.7 Å². The van der Waals surface area contributed by atoms with Gasteiger partial charge in [0.05, 0.1) is 17.7 Å². The maximum atomic E-state index is 14.6. The van der Waals surface area contributed by atoms with Gasteiger partial charge in [0.15, 0.2) is 0 Å². The molecule has 1 N–H and O–H groups in total. The standard InChI is InChI=1S/C25H32F5NO4/c1-17(2)35-23(34)10-5-3-4-6-15-31-20(12-14-22(31)33)11-13-21(32)24(26,27)18-8-7-9-19(16-18)25(28,29)30/h7-9,11,13,16-17,20-21,32H,3-6,10,12,14-15H2,1-2H3. The van der Waals surface area contributed by atoms with Crippen LogP contribution in [-0.2, 0) is 26.4 Å². The van der Waals surface area contributed by atoms with Crippen LogP contribution in [-0.4, -0.2) is 46.7 Å². The maximum absolute atomic E-state index is 14.6. The van der Waals surface area contributed by atoms with Crippen LogP contribution < -0.4 is 0 Å². The fourth-order valence-electron chi connectivity index (χ4n) is 3.90. The van der Waals surface area contributed by atoms with E-state index in [9.17, 15) is 36.6 Å². The number of aliphatic hydroxyl groups is 1. The first-order valence-electron chi connectivity index (χ1n) is 11.7. The molecule has 1 amide bonds. The Labute approximate surface area is 201 Å². The third-order valence-corrected chi connectivity index (χ3v) is 5.73. The number of hydrogen-bond donors (Lipinski definition) is 1. The first-order chi connectivity index (χ1) is 16.3. The van der Waals surface area contributed by atoms with E-state index < -0.39 is 35.4 Å². The Morgan fingerprint density at radius 3 is 2.46 bits per heavy atom. The van der Waals surface area contributed by atoms with E-state index in [-0.39, 0.29) is 24.4 Å². The Morgan fingerprint density at radius 2 is 1.80 bits per heavy atom. The SMILES string of the molecule is CC(C)OC(=O)CCCCCCN1C(=O)CCC1C=CC(O)C(F)(F)c1cccc(C(F)(F)F)c1. The van der Waals surface area contributed by atoms with Crippen LogP contribution in [0.1, 0.15) is 69.9 Å². The Kier molecular flexibility index (Phi) is 10.2. The van der Waals surface area contributed by atoms with Crippen LogP contribution >= 0.6 is 0 Å². The number of alkyl halides is 5. The van der Waals surface area contributed by atoms with Gasteiger partial charge in [0.2, 0.25) is 5.91 Å². The second-order valence-corrected chi connectivity index (χ2v) is 8.93. The second-order valence-electron chi connectivity index (χ2n) is 8.93. The number of carbonyl (C=O) groups excluding carboxylic acids is 2. The lowest BCUT2D eigenvalue weighted by Crippen LogP contribution is -2.34. The highest BCUT2D eigenvalue weighted by molar-refractivity contribution is 5.79. The molecule has 5 nitrogen and oxygen atoms in total. The van der Waals surface area contributed by atoms with Crippen molar-refractivity contribution < 1.29 is 41.4 Å². The summed E-state index contributed by atoms with van der Waals surface area (Å²) in [6, 6.07) is 2.23. The zero-order valence-corrected chi connectivity index (χ0v) is 19.9. The molecular formula is C25H32F5NO4. The van der Waals surface area contributed by atoms with Crippen molar-refractivity contribution in [1.29, 1.82) is 0 Å². The highest BCUT2D eigenvalue weighted by Gasteiger charge is 2.41. The Morgan fingerprint density at radius 1 is 1.14 bits per heavy atom. The van der Waals surface area contributed by atoms with Crippen LogP contribution in [0.25, 0.3) is 0 Å². The minimum Gasteiger partial charge on any atom is -0.463 e. The van der Waals surface area contributed by atoms with Crippen LogP contribution in [0.15, 0.2) is 36.4 Å². The van der Waals surface area contributed by atoms with Crippen LogP contribution in [0.3, 0.4) is 0 Å². The molecule has 0 bridgehead atoms. The minimum atomic E-state index is -4.78. The van der Waals surface area contributed by atoms with Gasteiger partial charge in [0.25, 0.3) is 0 Å². The van der Waals surface area contributed by atoms with E-state index in [4.69, 9.17) is 4.74 Å². The van der Waals surface area contributed by atoms with E-state index >= 15 is 0 Å². The first-order valence-corrected chi connectivity index (χ1v) is 11.7. The molecule has 0 saturated carbocycles. The van der Waals surface area contributed by atoms with Gasteiger partial charge in [-0.1, -0.05) is 37.1 Å². The molecule has 0 radical (unpaired) electrons. The van der Waals surface area contributed by atoms with Crippen molar-refractivity contribution in [3.05, 3.63) is 47.5 Å².